The largest absolute Gasteiger partial charge is 0.436 e. The van der Waals surface area contributed by atoms with E-state index in [0.29, 0.717) is 0 Å². The maximum Gasteiger partial charge on any atom is 0.436 e. The van der Waals surface area contributed by atoms with Crippen LogP contribution in [0.1, 0.15) is 59.8 Å². The molecule has 7 heteroatoms. The minimum absolute atomic E-state index is 0.148. The summed E-state index contributed by atoms with van der Waals surface area (Å²) in [7, 11) is -3.62. The van der Waals surface area contributed by atoms with Crippen molar-refractivity contribution in [3.63, 3.8) is 0 Å². The van der Waals surface area contributed by atoms with Crippen molar-refractivity contribution in [2.24, 2.45) is 0 Å². The third kappa shape index (κ3) is 6.73. The maximum atomic E-state index is 12.5. The number of carbonyl (C=O) groups excluding carboxylic acids is 1. The van der Waals surface area contributed by atoms with Crippen LogP contribution in [-0.2, 0) is 13.6 Å². The van der Waals surface area contributed by atoms with Gasteiger partial charge in [-0.25, -0.2) is 14.4 Å². The summed E-state index contributed by atoms with van der Waals surface area (Å²) in [6.07, 6.45) is 4.79. The third-order valence-corrected chi connectivity index (χ3v) is 4.75. The molecule has 118 valence electrons. The summed E-state index contributed by atoms with van der Waals surface area (Å²) in [6, 6.07) is -0.336. The first-order chi connectivity index (χ1) is 9.31. The lowest BCUT2D eigenvalue weighted by Crippen LogP contribution is -2.42. The van der Waals surface area contributed by atoms with Crippen molar-refractivity contribution < 1.29 is 18.4 Å². The van der Waals surface area contributed by atoms with Crippen LogP contribution in [0, 0.1) is 0 Å². The molecule has 0 saturated heterocycles. The molecule has 1 rings (SSSR count). The summed E-state index contributed by atoms with van der Waals surface area (Å²) in [4.78, 5) is 11.9. The van der Waals surface area contributed by atoms with Crippen LogP contribution >= 0.6 is 7.75 Å². The van der Waals surface area contributed by atoms with E-state index in [-0.39, 0.29) is 18.2 Å². The molecule has 0 aromatic carbocycles. The van der Waals surface area contributed by atoms with Gasteiger partial charge in [0.1, 0.15) is 0 Å². The minimum Gasteiger partial charge on any atom is -0.335 e. The van der Waals surface area contributed by atoms with Gasteiger partial charge in [0, 0.05) is 6.04 Å². The average molecular weight is 306 g/mol. The number of nitrogens with one attached hydrogen (secondary N) is 2. The molecule has 0 aliphatic heterocycles. The second-order valence-electron chi connectivity index (χ2n) is 5.73. The van der Waals surface area contributed by atoms with Gasteiger partial charge < -0.3 is 5.32 Å². The second kappa shape index (κ2) is 8.01. The third-order valence-electron chi connectivity index (χ3n) is 2.88. The van der Waals surface area contributed by atoms with Crippen LogP contribution < -0.4 is 10.4 Å². The van der Waals surface area contributed by atoms with Crippen molar-refractivity contribution >= 4 is 13.8 Å². The Morgan fingerprint density at radius 3 is 2.00 bits per heavy atom. The first-order valence-corrected chi connectivity index (χ1v) is 8.90. The fourth-order valence-corrected chi connectivity index (χ4v) is 3.80. The van der Waals surface area contributed by atoms with E-state index in [2.05, 4.69) is 10.4 Å². The van der Waals surface area contributed by atoms with E-state index in [4.69, 9.17) is 9.05 Å². The zero-order valence-corrected chi connectivity index (χ0v) is 13.7. The van der Waals surface area contributed by atoms with Crippen LogP contribution in [0.2, 0.25) is 0 Å². The number of carbonyl (C=O) groups is 1. The van der Waals surface area contributed by atoms with Gasteiger partial charge >= 0.3 is 13.8 Å². The Morgan fingerprint density at radius 1 is 1.05 bits per heavy atom. The number of rotatable bonds is 6. The fourth-order valence-electron chi connectivity index (χ4n) is 2.22. The Kier molecular flexibility index (Phi) is 7.00. The molecule has 0 atom stereocenters. The minimum atomic E-state index is -3.62. The smallest absolute Gasteiger partial charge is 0.335 e. The molecule has 0 aromatic heterocycles. The second-order valence-corrected chi connectivity index (χ2v) is 7.37. The van der Waals surface area contributed by atoms with Gasteiger partial charge in [0.25, 0.3) is 0 Å². The molecule has 0 aromatic rings. The van der Waals surface area contributed by atoms with Crippen molar-refractivity contribution in [2.75, 3.05) is 0 Å². The first kappa shape index (κ1) is 17.5. The number of urea groups is 1. The molecule has 2 N–H and O–H groups in total. The van der Waals surface area contributed by atoms with Gasteiger partial charge in [-0.15, -0.1) is 0 Å². The maximum absolute atomic E-state index is 12.5. The van der Waals surface area contributed by atoms with Gasteiger partial charge in [0.2, 0.25) is 0 Å². The highest BCUT2D eigenvalue weighted by Crippen LogP contribution is 2.46. The molecule has 0 spiro atoms. The van der Waals surface area contributed by atoms with Crippen molar-refractivity contribution in [3.05, 3.63) is 0 Å². The normalized spacial score (nSPS) is 17.5. The van der Waals surface area contributed by atoms with E-state index in [1.165, 1.54) is 6.42 Å². The Bertz CT molecular complexity index is 340. The Balaban J connectivity index is 2.54. The van der Waals surface area contributed by atoms with Crippen molar-refractivity contribution in [3.8, 4) is 0 Å². The lowest BCUT2D eigenvalue weighted by Gasteiger charge is -2.26. The van der Waals surface area contributed by atoms with Crippen LogP contribution in [0.25, 0.3) is 0 Å². The van der Waals surface area contributed by atoms with E-state index >= 15 is 0 Å². The average Bonchev–Trinajstić information content (AvgIpc) is 2.26. The monoisotopic (exact) mass is 306 g/mol. The summed E-state index contributed by atoms with van der Waals surface area (Å²) in [6.45, 7) is 6.99. The molecule has 2 amide bonds. The predicted molar refractivity (Wildman–Crippen MR) is 78.6 cm³/mol. The van der Waals surface area contributed by atoms with Crippen molar-refractivity contribution in [1.29, 1.82) is 0 Å². The SMILES string of the molecule is CC(C)OP(=O)(NC(=O)NC1CCCCC1)OC(C)C. The fraction of sp³-hybridized carbons (Fsp3) is 0.923. The van der Waals surface area contributed by atoms with E-state index in [1.54, 1.807) is 27.7 Å². The van der Waals surface area contributed by atoms with Crippen LogP contribution in [0.5, 0.6) is 0 Å². The summed E-state index contributed by atoms with van der Waals surface area (Å²) in [5.74, 6) is 0. The Hall–Kier alpha value is -0.580. The number of amides is 2. The molecule has 0 bridgehead atoms. The van der Waals surface area contributed by atoms with Gasteiger partial charge in [-0.3, -0.25) is 9.05 Å². The highest BCUT2D eigenvalue weighted by atomic mass is 31.2. The Morgan fingerprint density at radius 2 is 1.55 bits per heavy atom. The lowest BCUT2D eigenvalue weighted by molar-refractivity contribution is 0.136. The van der Waals surface area contributed by atoms with E-state index in [0.717, 1.165) is 25.7 Å². The molecule has 0 radical (unpaired) electrons. The molecule has 0 unspecified atom stereocenters. The highest BCUT2D eigenvalue weighted by Gasteiger charge is 2.31. The van der Waals surface area contributed by atoms with Gasteiger partial charge in [-0.2, -0.15) is 0 Å². The lowest BCUT2D eigenvalue weighted by atomic mass is 9.96. The summed E-state index contributed by atoms with van der Waals surface area (Å²) in [5, 5.41) is 5.20. The quantitative estimate of drug-likeness (QED) is 0.735. The summed E-state index contributed by atoms with van der Waals surface area (Å²) >= 11 is 0. The van der Waals surface area contributed by atoms with Crippen LogP contribution in [0.4, 0.5) is 4.79 Å². The van der Waals surface area contributed by atoms with Crippen molar-refractivity contribution in [2.45, 2.75) is 78.0 Å². The molecule has 0 heterocycles. The molecule has 1 saturated carbocycles. The van der Waals surface area contributed by atoms with E-state index in [1.807, 2.05) is 0 Å². The van der Waals surface area contributed by atoms with Gasteiger partial charge in [0.15, 0.2) is 0 Å². The molecule has 1 aliphatic carbocycles. The summed E-state index contributed by atoms with van der Waals surface area (Å²) in [5.41, 5.74) is 0. The molecular formula is C13H27N2O4P. The van der Waals surface area contributed by atoms with E-state index in [9.17, 15) is 9.36 Å². The molecule has 20 heavy (non-hydrogen) atoms. The van der Waals surface area contributed by atoms with Crippen LogP contribution in [0.3, 0.4) is 0 Å². The molecule has 1 aliphatic rings. The molecule has 1 fully saturated rings. The zero-order valence-electron chi connectivity index (χ0n) is 12.8. The first-order valence-electron chi connectivity index (χ1n) is 7.36. The predicted octanol–water partition coefficient (Wildman–Crippen LogP) is 3.58. The zero-order chi connectivity index (χ0) is 15.2. The van der Waals surface area contributed by atoms with Gasteiger partial charge in [-0.1, -0.05) is 19.3 Å². The number of hydrogen-bond acceptors (Lipinski definition) is 4. The van der Waals surface area contributed by atoms with Crippen LogP contribution in [0.15, 0.2) is 0 Å². The highest BCUT2D eigenvalue weighted by molar-refractivity contribution is 7.52. The number of hydrogen-bond donors (Lipinski definition) is 2. The van der Waals surface area contributed by atoms with Crippen molar-refractivity contribution in [1.82, 2.24) is 10.4 Å². The molecule has 6 nitrogen and oxygen atoms in total. The molecular weight excluding hydrogens is 279 g/mol. The van der Waals surface area contributed by atoms with E-state index < -0.39 is 13.8 Å². The van der Waals surface area contributed by atoms with Gasteiger partial charge in [-0.05, 0) is 40.5 Å². The van der Waals surface area contributed by atoms with Crippen LogP contribution in [-0.4, -0.2) is 24.3 Å². The Labute approximate surface area is 121 Å². The van der Waals surface area contributed by atoms with Gasteiger partial charge in [0.05, 0.1) is 12.2 Å². The summed E-state index contributed by atoms with van der Waals surface area (Å²) < 4.78 is 23.0. The standard InChI is InChI=1S/C13H27N2O4P/c1-10(2)18-20(17,19-11(3)4)15-13(16)14-12-8-6-5-7-9-12/h10-12H,5-9H2,1-4H3,(H2,14,15,16,17). The topological polar surface area (TPSA) is 76.7 Å².